The standard InChI is InChI=1S/C10H9F2N3O2/c1-3-6-7(15-9(13)14-6)4-8-5(2)16-10(11,12)17-8/h3-4H,1-2H2,(H3,13,14,15)/b8-4+. The van der Waals surface area contributed by atoms with Crippen LogP contribution in [0, 0.1) is 0 Å². The highest BCUT2D eigenvalue weighted by Gasteiger charge is 2.44. The fourth-order valence-corrected chi connectivity index (χ4v) is 1.33. The van der Waals surface area contributed by atoms with Gasteiger partial charge in [0.15, 0.2) is 17.5 Å². The predicted octanol–water partition coefficient (Wildman–Crippen LogP) is 2.09. The molecule has 1 aromatic rings. The monoisotopic (exact) mass is 241 g/mol. The van der Waals surface area contributed by atoms with Crippen molar-refractivity contribution >= 4 is 18.1 Å². The summed E-state index contributed by atoms with van der Waals surface area (Å²) in [6.07, 6.45) is -0.998. The van der Waals surface area contributed by atoms with Gasteiger partial charge in [0, 0.05) is 6.08 Å². The van der Waals surface area contributed by atoms with E-state index in [-0.39, 0.29) is 17.5 Å². The first kappa shape index (κ1) is 11.2. The summed E-state index contributed by atoms with van der Waals surface area (Å²) in [6.45, 7) is 6.82. The molecule has 0 radical (unpaired) electrons. The Morgan fingerprint density at radius 1 is 1.41 bits per heavy atom. The second-order valence-electron chi connectivity index (χ2n) is 3.22. The number of nitrogens with one attached hydrogen (secondary N) is 1. The molecule has 1 aliphatic heterocycles. The van der Waals surface area contributed by atoms with Gasteiger partial charge in [0.25, 0.3) is 0 Å². The highest BCUT2D eigenvalue weighted by atomic mass is 19.3. The normalized spacial score (nSPS) is 20.1. The lowest BCUT2D eigenvalue weighted by atomic mass is 10.2. The minimum absolute atomic E-state index is 0.142. The molecule has 0 atom stereocenters. The van der Waals surface area contributed by atoms with Gasteiger partial charge in [-0.1, -0.05) is 13.2 Å². The van der Waals surface area contributed by atoms with Gasteiger partial charge < -0.3 is 20.2 Å². The molecule has 2 heterocycles. The number of rotatable bonds is 2. The van der Waals surface area contributed by atoms with Crippen LogP contribution in [0.15, 0.2) is 24.7 Å². The van der Waals surface area contributed by atoms with E-state index in [4.69, 9.17) is 5.73 Å². The maximum Gasteiger partial charge on any atom is 0.586 e. The average molecular weight is 241 g/mol. The number of aromatic amines is 1. The highest BCUT2D eigenvalue weighted by Crippen LogP contribution is 2.36. The predicted molar refractivity (Wildman–Crippen MR) is 57.3 cm³/mol. The first-order valence-electron chi connectivity index (χ1n) is 4.56. The number of hydrogen-bond acceptors (Lipinski definition) is 4. The lowest BCUT2D eigenvalue weighted by Gasteiger charge is -2.03. The molecular formula is C10H9F2N3O2. The van der Waals surface area contributed by atoms with E-state index in [1.807, 2.05) is 0 Å². The van der Waals surface area contributed by atoms with Crippen molar-refractivity contribution in [2.75, 3.05) is 5.73 Å². The molecule has 90 valence electrons. The zero-order chi connectivity index (χ0) is 12.6. The van der Waals surface area contributed by atoms with E-state index in [0.717, 1.165) is 0 Å². The van der Waals surface area contributed by atoms with E-state index in [2.05, 4.69) is 32.6 Å². The summed E-state index contributed by atoms with van der Waals surface area (Å²) in [5.74, 6) is -0.317. The van der Waals surface area contributed by atoms with Crippen molar-refractivity contribution in [2.24, 2.45) is 0 Å². The number of nitrogens with zero attached hydrogens (tertiary/aromatic N) is 1. The number of ether oxygens (including phenoxy) is 2. The summed E-state index contributed by atoms with van der Waals surface area (Å²) >= 11 is 0. The number of hydrogen-bond donors (Lipinski definition) is 2. The summed E-state index contributed by atoms with van der Waals surface area (Å²) < 4.78 is 33.8. The van der Waals surface area contributed by atoms with Crippen molar-refractivity contribution in [3.63, 3.8) is 0 Å². The van der Waals surface area contributed by atoms with Gasteiger partial charge in [-0.05, 0) is 6.08 Å². The van der Waals surface area contributed by atoms with Crippen LogP contribution in [0.4, 0.5) is 14.7 Å². The number of anilines is 1. The number of nitrogen functional groups attached to an aromatic ring is 1. The molecule has 1 aromatic heterocycles. The van der Waals surface area contributed by atoms with E-state index in [9.17, 15) is 8.78 Å². The summed E-state index contributed by atoms with van der Waals surface area (Å²) in [5.41, 5.74) is 6.23. The molecule has 0 unspecified atom stereocenters. The maximum absolute atomic E-state index is 12.7. The van der Waals surface area contributed by atoms with Gasteiger partial charge in [-0.15, -0.1) is 8.78 Å². The smallest absolute Gasteiger partial charge is 0.396 e. The molecule has 3 N–H and O–H groups in total. The van der Waals surface area contributed by atoms with Crippen LogP contribution in [0.2, 0.25) is 0 Å². The van der Waals surface area contributed by atoms with E-state index in [0.29, 0.717) is 11.4 Å². The molecule has 2 rings (SSSR count). The van der Waals surface area contributed by atoms with Gasteiger partial charge in [0.05, 0.1) is 11.4 Å². The Bertz CT molecular complexity index is 520. The SMILES string of the molecule is C=Cc1nc(N)[nH]c1/C=C1/OC(F)(F)OC1=C. The lowest BCUT2D eigenvalue weighted by molar-refractivity contribution is -0.326. The summed E-state index contributed by atoms with van der Waals surface area (Å²) in [7, 11) is 0. The third kappa shape index (κ3) is 2.12. The number of aromatic nitrogens is 2. The average Bonchev–Trinajstić information content (AvgIpc) is 2.67. The lowest BCUT2D eigenvalue weighted by Crippen LogP contribution is -2.14. The van der Waals surface area contributed by atoms with Gasteiger partial charge >= 0.3 is 6.29 Å². The molecule has 0 spiro atoms. The van der Waals surface area contributed by atoms with Crippen molar-refractivity contribution in [1.82, 2.24) is 9.97 Å². The quantitative estimate of drug-likeness (QED) is 0.831. The molecule has 1 aliphatic rings. The van der Waals surface area contributed by atoms with Crippen molar-refractivity contribution in [2.45, 2.75) is 6.29 Å². The number of nitrogens with two attached hydrogens (primary N) is 1. The number of H-pyrrole nitrogens is 1. The number of halogens is 2. The van der Waals surface area contributed by atoms with Gasteiger partial charge in [-0.2, -0.15) is 0 Å². The van der Waals surface area contributed by atoms with Crippen molar-refractivity contribution in [1.29, 1.82) is 0 Å². The molecule has 5 nitrogen and oxygen atoms in total. The van der Waals surface area contributed by atoms with Crippen LogP contribution in [0.25, 0.3) is 12.2 Å². The second-order valence-corrected chi connectivity index (χ2v) is 3.22. The molecule has 0 amide bonds. The van der Waals surface area contributed by atoms with Gasteiger partial charge in [0.1, 0.15) is 0 Å². The number of alkyl halides is 2. The summed E-state index contributed by atoms with van der Waals surface area (Å²) in [6, 6.07) is 0. The zero-order valence-electron chi connectivity index (χ0n) is 8.67. The van der Waals surface area contributed by atoms with E-state index in [1.165, 1.54) is 12.2 Å². The number of imidazole rings is 1. The van der Waals surface area contributed by atoms with Crippen LogP contribution < -0.4 is 5.73 Å². The minimum Gasteiger partial charge on any atom is -0.396 e. The van der Waals surface area contributed by atoms with Crippen molar-refractivity contribution in [3.8, 4) is 0 Å². The van der Waals surface area contributed by atoms with Crippen LogP contribution >= 0.6 is 0 Å². The van der Waals surface area contributed by atoms with Crippen molar-refractivity contribution < 1.29 is 18.3 Å². The van der Waals surface area contributed by atoms with Crippen LogP contribution in [0.3, 0.4) is 0 Å². The third-order valence-electron chi connectivity index (χ3n) is 1.99. The van der Waals surface area contributed by atoms with Crippen LogP contribution in [-0.4, -0.2) is 16.3 Å². The Morgan fingerprint density at radius 3 is 2.65 bits per heavy atom. The Hall–Kier alpha value is -2.31. The molecule has 1 fully saturated rings. The summed E-state index contributed by atoms with van der Waals surface area (Å²) in [5, 5.41) is 0. The Kier molecular flexibility index (Phi) is 2.38. The molecular weight excluding hydrogens is 232 g/mol. The molecule has 17 heavy (non-hydrogen) atoms. The first-order valence-corrected chi connectivity index (χ1v) is 4.56. The zero-order valence-corrected chi connectivity index (χ0v) is 8.67. The molecule has 0 bridgehead atoms. The van der Waals surface area contributed by atoms with E-state index >= 15 is 0 Å². The first-order chi connectivity index (χ1) is 7.91. The van der Waals surface area contributed by atoms with Gasteiger partial charge in [-0.3, -0.25) is 0 Å². The van der Waals surface area contributed by atoms with Gasteiger partial charge in [-0.25, -0.2) is 4.98 Å². The fraction of sp³-hybridized carbons (Fsp3) is 0.100. The van der Waals surface area contributed by atoms with Crippen LogP contribution in [0.1, 0.15) is 11.4 Å². The Morgan fingerprint density at radius 2 is 2.12 bits per heavy atom. The largest absolute Gasteiger partial charge is 0.586 e. The summed E-state index contributed by atoms with van der Waals surface area (Å²) in [4.78, 5) is 6.55. The van der Waals surface area contributed by atoms with E-state index < -0.39 is 6.29 Å². The molecule has 1 saturated heterocycles. The third-order valence-corrected chi connectivity index (χ3v) is 1.99. The van der Waals surface area contributed by atoms with E-state index in [1.54, 1.807) is 0 Å². The molecule has 0 saturated carbocycles. The van der Waals surface area contributed by atoms with Crippen LogP contribution in [-0.2, 0) is 9.47 Å². The molecule has 0 aromatic carbocycles. The Labute approximate surface area is 95.2 Å². The van der Waals surface area contributed by atoms with Crippen molar-refractivity contribution in [3.05, 3.63) is 36.1 Å². The topological polar surface area (TPSA) is 73.2 Å². The minimum atomic E-state index is -3.69. The molecule has 0 aliphatic carbocycles. The van der Waals surface area contributed by atoms with Crippen LogP contribution in [0.5, 0.6) is 0 Å². The maximum atomic E-state index is 12.7. The van der Waals surface area contributed by atoms with Gasteiger partial charge in [0.2, 0.25) is 0 Å². The Balaban J connectivity index is 2.36. The highest BCUT2D eigenvalue weighted by molar-refractivity contribution is 5.63. The fourth-order valence-electron chi connectivity index (χ4n) is 1.33. The molecule has 7 heteroatoms. The second kappa shape index (κ2) is 3.62.